The quantitative estimate of drug-likeness (QED) is 0.218. The van der Waals surface area contributed by atoms with E-state index in [9.17, 15) is 0 Å². The third-order valence-electron chi connectivity index (χ3n) is 8.46. The van der Waals surface area contributed by atoms with Gasteiger partial charge in [-0.05, 0) is 53.4 Å². The smallest absolute Gasteiger partial charge is 0.143 e. The molecule has 0 spiro atoms. The highest BCUT2D eigenvalue weighted by molar-refractivity contribution is 6.21. The van der Waals surface area contributed by atoms with E-state index >= 15 is 0 Å². The maximum Gasteiger partial charge on any atom is 0.143 e. The van der Waals surface area contributed by atoms with Gasteiger partial charge in [-0.1, -0.05) is 109 Å². The number of rotatable bonds is 4. The van der Waals surface area contributed by atoms with E-state index in [0.29, 0.717) is 0 Å². The zero-order valence-corrected chi connectivity index (χ0v) is 23.2. The predicted molar refractivity (Wildman–Crippen MR) is 179 cm³/mol. The second kappa shape index (κ2) is 9.37. The van der Waals surface area contributed by atoms with Crippen LogP contribution in [-0.2, 0) is 0 Å². The van der Waals surface area contributed by atoms with Gasteiger partial charge in [-0.2, -0.15) is 0 Å². The van der Waals surface area contributed by atoms with Gasteiger partial charge in [0.2, 0.25) is 0 Å². The SMILES string of the molecule is c1ccc(-c2ccccc2N(c2cccc3oc4ccccc4c23)c2cccc3oc4c5ccccc5ccc4c23)cc1. The van der Waals surface area contributed by atoms with Gasteiger partial charge >= 0.3 is 0 Å². The molecule has 0 radical (unpaired) electrons. The van der Waals surface area contributed by atoms with Gasteiger partial charge in [0, 0.05) is 21.7 Å². The van der Waals surface area contributed by atoms with E-state index in [0.717, 1.165) is 82.8 Å². The highest BCUT2D eigenvalue weighted by atomic mass is 16.3. The molecule has 9 rings (SSSR count). The molecule has 0 unspecified atom stereocenters. The van der Waals surface area contributed by atoms with Crippen LogP contribution in [0.1, 0.15) is 0 Å². The molecule has 7 aromatic carbocycles. The van der Waals surface area contributed by atoms with Crippen molar-refractivity contribution >= 4 is 71.7 Å². The molecule has 2 aromatic heterocycles. The van der Waals surface area contributed by atoms with Crippen LogP contribution < -0.4 is 4.90 Å². The van der Waals surface area contributed by atoms with Crippen molar-refractivity contribution in [1.29, 1.82) is 0 Å². The summed E-state index contributed by atoms with van der Waals surface area (Å²) in [6, 6.07) is 53.0. The minimum absolute atomic E-state index is 0.857. The number of hydrogen-bond donors (Lipinski definition) is 0. The first kappa shape index (κ1) is 23.9. The Hall–Kier alpha value is -5.80. The Morgan fingerprint density at radius 1 is 0.372 bits per heavy atom. The van der Waals surface area contributed by atoms with Crippen molar-refractivity contribution in [1.82, 2.24) is 0 Å². The predicted octanol–water partition coefficient (Wildman–Crippen LogP) is 11.8. The van der Waals surface area contributed by atoms with E-state index in [-0.39, 0.29) is 0 Å². The molecular weight excluding hydrogens is 526 g/mol. The Labute approximate surface area is 247 Å². The van der Waals surface area contributed by atoms with Crippen molar-refractivity contribution in [2.45, 2.75) is 0 Å². The molecule has 202 valence electrons. The summed E-state index contributed by atoms with van der Waals surface area (Å²) < 4.78 is 13.0. The summed E-state index contributed by atoms with van der Waals surface area (Å²) in [7, 11) is 0. The van der Waals surface area contributed by atoms with Gasteiger partial charge in [0.1, 0.15) is 22.3 Å². The topological polar surface area (TPSA) is 29.5 Å². The molecule has 0 aliphatic rings. The number of para-hydroxylation sites is 2. The lowest BCUT2D eigenvalue weighted by molar-refractivity contribution is 0.669. The lowest BCUT2D eigenvalue weighted by Gasteiger charge is -2.29. The zero-order chi connectivity index (χ0) is 28.3. The van der Waals surface area contributed by atoms with Gasteiger partial charge in [0.15, 0.2) is 0 Å². The van der Waals surface area contributed by atoms with Crippen LogP contribution in [0.4, 0.5) is 17.1 Å². The third-order valence-corrected chi connectivity index (χ3v) is 8.46. The normalized spacial score (nSPS) is 11.7. The molecule has 0 N–H and O–H groups in total. The molecule has 0 fully saturated rings. The molecule has 9 aromatic rings. The summed E-state index contributed by atoms with van der Waals surface area (Å²) in [6.45, 7) is 0. The summed E-state index contributed by atoms with van der Waals surface area (Å²) in [4.78, 5) is 2.39. The molecule has 0 amide bonds. The number of nitrogens with zero attached hydrogens (tertiary/aromatic N) is 1. The van der Waals surface area contributed by atoms with Crippen LogP contribution in [0.5, 0.6) is 0 Å². The number of fused-ring (bicyclic) bond motifs is 8. The zero-order valence-electron chi connectivity index (χ0n) is 23.2. The van der Waals surface area contributed by atoms with Gasteiger partial charge in [-0.15, -0.1) is 0 Å². The highest BCUT2D eigenvalue weighted by Crippen LogP contribution is 2.49. The average molecular weight is 552 g/mol. The maximum atomic E-state index is 6.64. The summed E-state index contributed by atoms with van der Waals surface area (Å²) in [6.07, 6.45) is 0. The van der Waals surface area contributed by atoms with E-state index in [1.807, 2.05) is 12.1 Å². The lowest BCUT2D eigenvalue weighted by atomic mass is 9.99. The monoisotopic (exact) mass is 551 g/mol. The Morgan fingerprint density at radius 3 is 1.81 bits per heavy atom. The van der Waals surface area contributed by atoms with Crippen molar-refractivity contribution < 1.29 is 8.83 Å². The fourth-order valence-corrected chi connectivity index (χ4v) is 6.58. The van der Waals surface area contributed by atoms with E-state index in [1.165, 1.54) is 0 Å². The van der Waals surface area contributed by atoms with Crippen molar-refractivity contribution in [2.75, 3.05) is 4.90 Å². The first-order valence-corrected chi connectivity index (χ1v) is 14.5. The van der Waals surface area contributed by atoms with Crippen LogP contribution in [0, 0.1) is 0 Å². The summed E-state index contributed by atoms with van der Waals surface area (Å²) in [5, 5.41) is 6.62. The van der Waals surface area contributed by atoms with Gasteiger partial charge in [-0.25, -0.2) is 0 Å². The standard InChI is InChI=1S/C40H25NO2/c1-2-12-26(13-3-1)28-15-6-8-18-32(28)41(33-19-10-22-36-38(33)30-17-7-9-21-35(30)42-36)34-20-11-23-37-39(34)31-25-24-27-14-4-5-16-29(27)40(31)43-37/h1-25H. The van der Waals surface area contributed by atoms with E-state index in [1.54, 1.807) is 0 Å². The Kier molecular flexibility index (Phi) is 5.20. The van der Waals surface area contributed by atoms with Crippen molar-refractivity contribution in [2.24, 2.45) is 0 Å². The van der Waals surface area contributed by atoms with E-state index in [4.69, 9.17) is 8.83 Å². The minimum Gasteiger partial charge on any atom is -0.456 e. The van der Waals surface area contributed by atoms with Gasteiger partial charge in [0.05, 0.1) is 27.8 Å². The maximum absolute atomic E-state index is 6.64. The number of hydrogen-bond acceptors (Lipinski definition) is 3. The molecule has 2 heterocycles. The average Bonchev–Trinajstić information content (AvgIpc) is 3.65. The molecular formula is C40H25NO2. The second-order valence-corrected chi connectivity index (χ2v) is 10.9. The van der Waals surface area contributed by atoms with Crippen LogP contribution in [0.15, 0.2) is 160 Å². The molecule has 0 saturated heterocycles. The van der Waals surface area contributed by atoms with Crippen LogP contribution in [0.25, 0.3) is 65.8 Å². The third kappa shape index (κ3) is 3.62. The molecule has 0 bridgehead atoms. The second-order valence-electron chi connectivity index (χ2n) is 10.9. The summed E-state index contributed by atoms with van der Waals surface area (Å²) in [5.41, 5.74) is 8.97. The molecule has 43 heavy (non-hydrogen) atoms. The van der Waals surface area contributed by atoms with Crippen molar-refractivity contribution in [3.8, 4) is 11.1 Å². The number of benzene rings is 7. The molecule has 0 saturated carbocycles. The minimum atomic E-state index is 0.857. The van der Waals surface area contributed by atoms with Gasteiger partial charge in [-0.3, -0.25) is 0 Å². The number of anilines is 3. The molecule has 0 atom stereocenters. The van der Waals surface area contributed by atoms with Crippen LogP contribution >= 0.6 is 0 Å². The first-order valence-electron chi connectivity index (χ1n) is 14.5. The Bertz CT molecular complexity index is 2470. The van der Waals surface area contributed by atoms with E-state index in [2.05, 4.69) is 144 Å². The first-order chi connectivity index (χ1) is 21.3. The van der Waals surface area contributed by atoms with Crippen LogP contribution in [0.3, 0.4) is 0 Å². The number of furan rings is 2. The fourth-order valence-electron chi connectivity index (χ4n) is 6.58. The molecule has 0 aliphatic heterocycles. The molecule has 3 nitrogen and oxygen atoms in total. The van der Waals surface area contributed by atoms with Crippen LogP contribution in [0.2, 0.25) is 0 Å². The van der Waals surface area contributed by atoms with Crippen LogP contribution in [-0.4, -0.2) is 0 Å². The largest absolute Gasteiger partial charge is 0.456 e. The summed E-state index contributed by atoms with van der Waals surface area (Å²) >= 11 is 0. The fraction of sp³-hybridized carbons (Fsp3) is 0. The van der Waals surface area contributed by atoms with Gasteiger partial charge < -0.3 is 13.7 Å². The summed E-state index contributed by atoms with van der Waals surface area (Å²) in [5.74, 6) is 0. The lowest BCUT2D eigenvalue weighted by Crippen LogP contribution is -2.12. The van der Waals surface area contributed by atoms with Gasteiger partial charge in [0.25, 0.3) is 0 Å². The van der Waals surface area contributed by atoms with Crippen molar-refractivity contribution in [3.05, 3.63) is 152 Å². The molecule has 0 aliphatic carbocycles. The van der Waals surface area contributed by atoms with E-state index < -0.39 is 0 Å². The highest BCUT2D eigenvalue weighted by Gasteiger charge is 2.25. The van der Waals surface area contributed by atoms with Crippen molar-refractivity contribution in [3.63, 3.8) is 0 Å². The Morgan fingerprint density at radius 2 is 0.977 bits per heavy atom. The Balaban J connectivity index is 1.43. The molecule has 3 heteroatoms.